The van der Waals surface area contributed by atoms with Crippen LogP contribution in [0, 0.1) is 19.7 Å². The summed E-state index contributed by atoms with van der Waals surface area (Å²) in [5.41, 5.74) is 3.72. The summed E-state index contributed by atoms with van der Waals surface area (Å²) in [6.07, 6.45) is 0. The predicted molar refractivity (Wildman–Crippen MR) is 93.3 cm³/mol. The number of anilines is 1. The van der Waals surface area contributed by atoms with Crippen molar-refractivity contribution in [2.45, 2.75) is 20.5 Å². The first-order valence-corrected chi connectivity index (χ1v) is 7.83. The van der Waals surface area contributed by atoms with Crippen molar-refractivity contribution in [2.75, 3.05) is 5.32 Å². The van der Waals surface area contributed by atoms with Crippen molar-refractivity contribution in [3.05, 3.63) is 76.9 Å². The number of aliphatic hydroxyl groups is 1. The van der Waals surface area contributed by atoms with E-state index in [1.54, 1.807) is 54.9 Å². The first-order valence-electron chi connectivity index (χ1n) is 7.83. The molecule has 3 rings (SSSR count). The largest absolute Gasteiger partial charge is 0.392 e. The lowest BCUT2D eigenvalue weighted by Gasteiger charge is -2.08. The Morgan fingerprint density at radius 2 is 1.92 bits per heavy atom. The molecular formula is C19H18FN3O2. The third-order valence-electron chi connectivity index (χ3n) is 3.96. The fourth-order valence-electron chi connectivity index (χ4n) is 2.75. The Hall–Kier alpha value is -2.99. The lowest BCUT2D eigenvalue weighted by Crippen LogP contribution is -2.14. The van der Waals surface area contributed by atoms with Crippen LogP contribution in [0.5, 0.6) is 0 Å². The first-order chi connectivity index (χ1) is 12.0. The standard InChI is InChI=1S/C19H18FN3O2/c1-12-18(19(25)21-16-5-3-4-14(10-16)11-24)13(2)23(22-12)17-8-6-15(20)7-9-17/h3-10,24H,11H2,1-2H3,(H,21,25). The van der Waals surface area contributed by atoms with Gasteiger partial charge in [-0.05, 0) is 55.8 Å². The van der Waals surface area contributed by atoms with Gasteiger partial charge in [0, 0.05) is 5.69 Å². The predicted octanol–water partition coefficient (Wildman–Crippen LogP) is 3.37. The van der Waals surface area contributed by atoms with Gasteiger partial charge in [-0.25, -0.2) is 9.07 Å². The Bertz CT molecular complexity index is 917. The molecule has 25 heavy (non-hydrogen) atoms. The highest BCUT2D eigenvalue weighted by atomic mass is 19.1. The highest BCUT2D eigenvalue weighted by Crippen LogP contribution is 2.20. The van der Waals surface area contributed by atoms with Crippen molar-refractivity contribution in [1.82, 2.24) is 9.78 Å². The third kappa shape index (κ3) is 3.44. The number of aryl methyl sites for hydroxylation is 1. The number of benzene rings is 2. The second-order valence-electron chi connectivity index (χ2n) is 5.75. The van der Waals surface area contributed by atoms with Crippen LogP contribution in [0.3, 0.4) is 0 Å². The topological polar surface area (TPSA) is 67.2 Å². The molecule has 3 aromatic rings. The van der Waals surface area contributed by atoms with Gasteiger partial charge in [0.2, 0.25) is 0 Å². The highest BCUT2D eigenvalue weighted by molar-refractivity contribution is 6.06. The summed E-state index contributed by atoms with van der Waals surface area (Å²) in [5, 5.41) is 16.4. The second-order valence-corrected chi connectivity index (χ2v) is 5.75. The Kier molecular flexibility index (Phi) is 4.63. The fraction of sp³-hybridized carbons (Fsp3) is 0.158. The van der Waals surface area contributed by atoms with Crippen LogP contribution in [0.15, 0.2) is 48.5 Å². The van der Waals surface area contributed by atoms with Crippen LogP contribution >= 0.6 is 0 Å². The van der Waals surface area contributed by atoms with Crippen LogP contribution in [0.2, 0.25) is 0 Å². The number of carbonyl (C=O) groups excluding carboxylic acids is 1. The minimum Gasteiger partial charge on any atom is -0.392 e. The average molecular weight is 339 g/mol. The molecule has 1 heterocycles. The number of halogens is 1. The number of nitrogens with one attached hydrogen (secondary N) is 1. The molecule has 0 fully saturated rings. The van der Waals surface area contributed by atoms with Crippen LogP contribution in [-0.2, 0) is 6.61 Å². The van der Waals surface area contributed by atoms with Gasteiger partial charge in [0.05, 0.1) is 29.2 Å². The van der Waals surface area contributed by atoms with Crippen LogP contribution in [-0.4, -0.2) is 20.8 Å². The molecule has 0 saturated heterocycles. The minimum atomic E-state index is -0.327. The van der Waals surface area contributed by atoms with Crippen LogP contribution < -0.4 is 5.32 Å². The van der Waals surface area contributed by atoms with Crippen molar-refractivity contribution in [2.24, 2.45) is 0 Å². The van der Waals surface area contributed by atoms with E-state index in [1.165, 1.54) is 12.1 Å². The summed E-state index contributed by atoms with van der Waals surface area (Å²) in [4.78, 5) is 12.7. The molecule has 0 aliphatic rings. The van der Waals surface area contributed by atoms with Crippen LogP contribution in [0.4, 0.5) is 10.1 Å². The molecule has 0 unspecified atom stereocenters. The molecule has 1 aromatic heterocycles. The van der Waals surface area contributed by atoms with Crippen molar-refractivity contribution in [1.29, 1.82) is 0 Å². The number of aromatic nitrogens is 2. The van der Waals surface area contributed by atoms with Gasteiger partial charge in [0.1, 0.15) is 5.82 Å². The van der Waals surface area contributed by atoms with E-state index in [2.05, 4.69) is 10.4 Å². The zero-order chi connectivity index (χ0) is 18.0. The molecule has 2 aromatic carbocycles. The molecule has 0 radical (unpaired) electrons. The van der Waals surface area contributed by atoms with Crippen molar-refractivity contribution < 1.29 is 14.3 Å². The van der Waals surface area contributed by atoms with E-state index in [4.69, 9.17) is 0 Å². The molecular weight excluding hydrogens is 321 g/mol. The van der Waals surface area contributed by atoms with E-state index >= 15 is 0 Å². The summed E-state index contributed by atoms with van der Waals surface area (Å²) in [7, 11) is 0. The molecule has 0 bridgehead atoms. The van der Waals surface area contributed by atoms with E-state index in [0.29, 0.717) is 33.9 Å². The molecule has 6 heteroatoms. The summed E-state index contributed by atoms with van der Waals surface area (Å²) in [6, 6.07) is 12.9. The van der Waals surface area contributed by atoms with E-state index in [9.17, 15) is 14.3 Å². The molecule has 128 valence electrons. The van der Waals surface area contributed by atoms with Gasteiger partial charge < -0.3 is 10.4 Å². The quantitative estimate of drug-likeness (QED) is 0.766. The molecule has 5 nitrogen and oxygen atoms in total. The molecule has 0 saturated carbocycles. The number of hydrogen-bond donors (Lipinski definition) is 2. The molecule has 0 atom stereocenters. The normalized spacial score (nSPS) is 10.7. The summed E-state index contributed by atoms with van der Waals surface area (Å²) < 4.78 is 14.7. The minimum absolute atomic E-state index is 0.0930. The molecule has 0 spiro atoms. The summed E-state index contributed by atoms with van der Waals surface area (Å²) in [5.74, 6) is -0.606. The summed E-state index contributed by atoms with van der Waals surface area (Å²) >= 11 is 0. The van der Waals surface area contributed by atoms with E-state index < -0.39 is 0 Å². The van der Waals surface area contributed by atoms with Crippen molar-refractivity contribution >= 4 is 11.6 Å². The Morgan fingerprint density at radius 1 is 1.20 bits per heavy atom. The van der Waals surface area contributed by atoms with Gasteiger partial charge in [0.25, 0.3) is 5.91 Å². The smallest absolute Gasteiger partial charge is 0.259 e. The van der Waals surface area contributed by atoms with Crippen molar-refractivity contribution in [3.63, 3.8) is 0 Å². The molecule has 0 aliphatic carbocycles. The highest BCUT2D eigenvalue weighted by Gasteiger charge is 2.19. The fourth-order valence-corrected chi connectivity index (χ4v) is 2.75. The van der Waals surface area contributed by atoms with E-state index in [1.807, 2.05) is 0 Å². The maximum absolute atomic E-state index is 13.1. The maximum atomic E-state index is 13.1. The Balaban J connectivity index is 1.91. The van der Waals surface area contributed by atoms with E-state index in [0.717, 1.165) is 0 Å². The number of amides is 1. The van der Waals surface area contributed by atoms with Gasteiger partial charge in [-0.1, -0.05) is 12.1 Å². The van der Waals surface area contributed by atoms with Gasteiger partial charge in [-0.15, -0.1) is 0 Å². The molecule has 0 aliphatic heterocycles. The Morgan fingerprint density at radius 3 is 2.60 bits per heavy atom. The zero-order valence-electron chi connectivity index (χ0n) is 14.0. The summed E-state index contributed by atoms with van der Waals surface area (Å²) in [6.45, 7) is 3.46. The second kappa shape index (κ2) is 6.86. The SMILES string of the molecule is Cc1nn(-c2ccc(F)cc2)c(C)c1C(=O)Nc1cccc(CO)c1. The van der Waals surface area contributed by atoms with Crippen LogP contribution in [0.25, 0.3) is 5.69 Å². The monoisotopic (exact) mass is 339 g/mol. The maximum Gasteiger partial charge on any atom is 0.259 e. The van der Waals surface area contributed by atoms with Crippen LogP contribution in [0.1, 0.15) is 27.3 Å². The molecule has 1 amide bonds. The lowest BCUT2D eigenvalue weighted by atomic mass is 10.1. The zero-order valence-corrected chi connectivity index (χ0v) is 14.0. The third-order valence-corrected chi connectivity index (χ3v) is 3.96. The number of carbonyl (C=O) groups is 1. The Labute approximate surface area is 144 Å². The number of aliphatic hydroxyl groups excluding tert-OH is 1. The first kappa shape index (κ1) is 16.9. The number of rotatable bonds is 4. The average Bonchev–Trinajstić information content (AvgIpc) is 2.90. The molecule has 2 N–H and O–H groups in total. The van der Waals surface area contributed by atoms with E-state index in [-0.39, 0.29) is 18.3 Å². The number of nitrogens with zero attached hydrogens (tertiary/aromatic N) is 2. The van der Waals surface area contributed by atoms with Gasteiger partial charge in [0.15, 0.2) is 0 Å². The van der Waals surface area contributed by atoms with Gasteiger partial charge in [-0.3, -0.25) is 4.79 Å². The number of hydrogen-bond acceptors (Lipinski definition) is 3. The van der Waals surface area contributed by atoms with Crippen molar-refractivity contribution in [3.8, 4) is 5.69 Å². The van der Waals surface area contributed by atoms with Gasteiger partial charge >= 0.3 is 0 Å². The lowest BCUT2D eigenvalue weighted by molar-refractivity contribution is 0.102. The van der Waals surface area contributed by atoms with Gasteiger partial charge in [-0.2, -0.15) is 5.10 Å².